The zero-order valence-electron chi connectivity index (χ0n) is 9.13. The van der Waals surface area contributed by atoms with Crippen molar-refractivity contribution in [2.45, 2.75) is 13.3 Å². The molecule has 17 heavy (non-hydrogen) atoms. The lowest BCUT2D eigenvalue weighted by Gasteiger charge is -2.07. The Hall–Kier alpha value is -1.97. The molecule has 0 saturated heterocycles. The third kappa shape index (κ3) is 2.25. The number of benzene rings is 2. The van der Waals surface area contributed by atoms with E-state index in [9.17, 15) is 13.6 Å². The van der Waals surface area contributed by atoms with E-state index in [4.69, 9.17) is 5.11 Å². The van der Waals surface area contributed by atoms with Crippen molar-refractivity contribution in [3.05, 3.63) is 47.0 Å². The molecule has 4 heteroatoms. The van der Waals surface area contributed by atoms with Crippen LogP contribution in [0.25, 0.3) is 10.8 Å². The Morgan fingerprint density at radius 1 is 1.18 bits per heavy atom. The molecule has 0 bridgehead atoms. The highest BCUT2D eigenvalue weighted by Crippen LogP contribution is 2.24. The fourth-order valence-corrected chi connectivity index (χ4v) is 1.92. The van der Waals surface area contributed by atoms with Gasteiger partial charge in [-0.3, -0.25) is 4.79 Å². The molecule has 0 radical (unpaired) electrons. The zero-order valence-corrected chi connectivity index (χ0v) is 9.13. The predicted octanol–water partition coefficient (Wildman–Crippen LogP) is 3.05. The Morgan fingerprint density at radius 3 is 2.53 bits per heavy atom. The molecule has 0 fully saturated rings. The largest absolute Gasteiger partial charge is 0.481 e. The summed E-state index contributed by atoms with van der Waals surface area (Å²) in [5.74, 6) is -2.29. The molecule has 2 nitrogen and oxygen atoms in total. The summed E-state index contributed by atoms with van der Waals surface area (Å²) in [6.45, 7) is 1.70. The first-order valence-corrected chi connectivity index (χ1v) is 5.07. The second kappa shape index (κ2) is 4.13. The van der Waals surface area contributed by atoms with Gasteiger partial charge < -0.3 is 5.11 Å². The maximum Gasteiger partial charge on any atom is 0.307 e. The first-order chi connectivity index (χ1) is 7.97. The molecule has 2 aromatic rings. The molecule has 0 unspecified atom stereocenters. The van der Waals surface area contributed by atoms with Gasteiger partial charge in [0, 0.05) is 11.5 Å². The van der Waals surface area contributed by atoms with E-state index in [0.29, 0.717) is 16.5 Å². The standard InChI is InChI=1S/C13H10F2O2/c1-7-2-8(4-13(16)17)3-11-10(7)5-9(14)6-12(11)15/h2-3,5-6H,4H2,1H3,(H,16,17). The van der Waals surface area contributed by atoms with Gasteiger partial charge in [0.2, 0.25) is 0 Å². The molecule has 2 aromatic carbocycles. The van der Waals surface area contributed by atoms with Crippen molar-refractivity contribution in [2.75, 3.05) is 0 Å². The highest BCUT2D eigenvalue weighted by atomic mass is 19.1. The van der Waals surface area contributed by atoms with Crippen LogP contribution in [0.15, 0.2) is 24.3 Å². The van der Waals surface area contributed by atoms with E-state index in [1.165, 1.54) is 12.1 Å². The minimum Gasteiger partial charge on any atom is -0.481 e. The van der Waals surface area contributed by atoms with Gasteiger partial charge in [0.25, 0.3) is 0 Å². The van der Waals surface area contributed by atoms with Crippen LogP contribution in [0.2, 0.25) is 0 Å². The highest BCUT2D eigenvalue weighted by Gasteiger charge is 2.09. The number of carboxylic acids is 1. The van der Waals surface area contributed by atoms with Crippen LogP contribution in [0.5, 0.6) is 0 Å². The lowest BCUT2D eigenvalue weighted by atomic mass is 10.00. The molecule has 0 aliphatic rings. The number of aryl methyl sites for hydroxylation is 1. The third-order valence-electron chi connectivity index (χ3n) is 2.61. The van der Waals surface area contributed by atoms with E-state index in [1.807, 2.05) is 0 Å². The Labute approximate surface area is 96.5 Å². The van der Waals surface area contributed by atoms with E-state index in [0.717, 1.165) is 6.07 Å². The molecule has 0 aromatic heterocycles. The topological polar surface area (TPSA) is 37.3 Å². The quantitative estimate of drug-likeness (QED) is 0.870. The number of carbonyl (C=O) groups is 1. The number of aliphatic carboxylic acids is 1. The van der Waals surface area contributed by atoms with Crippen molar-refractivity contribution in [1.29, 1.82) is 0 Å². The molecule has 2 rings (SSSR count). The van der Waals surface area contributed by atoms with Gasteiger partial charge in [-0.1, -0.05) is 6.07 Å². The maximum atomic E-state index is 13.6. The minimum atomic E-state index is -0.980. The molecule has 0 aliphatic carbocycles. The molecule has 0 spiro atoms. The van der Waals surface area contributed by atoms with E-state index < -0.39 is 17.6 Å². The van der Waals surface area contributed by atoms with E-state index in [1.54, 1.807) is 13.0 Å². The van der Waals surface area contributed by atoms with E-state index in [-0.39, 0.29) is 11.8 Å². The SMILES string of the molecule is Cc1cc(CC(=O)O)cc2c(F)cc(F)cc12. The summed E-state index contributed by atoms with van der Waals surface area (Å²) in [6, 6.07) is 5.13. The average molecular weight is 236 g/mol. The predicted molar refractivity (Wildman–Crippen MR) is 59.9 cm³/mol. The molecule has 0 amide bonds. The van der Waals surface area contributed by atoms with E-state index in [2.05, 4.69) is 0 Å². The first kappa shape index (κ1) is 11.5. The van der Waals surface area contributed by atoms with Crippen molar-refractivity contribution in [1.82, 2.24) is 0 Å². The summed E-state index contributed by atoms with van der Waals surface area (Å²) < 4.78 is 26.6. The molecule has 0 heterocycles. The molecular weight excluding hydrogens is 226 g/mol. The summed E-state index contributed by atoms with van der Waals surface area (Å²) in [6.07, 6.45) is -0.173. The fraction of sp³-hybridized carbons (Fsp3) is 0.154. The van der Waals surface area contributed by atoms with Gasteiger partial charge in [-0.25, -0.2) is 8.78 Å². The number of hydrogen-bond acceptors (Lipinski definition) is 1. The summed E-state index contributed by atoms with van der Waals surface area (Å²) in [5.41, 5.74) is 1.17. The van der Waals surface area contributed by atoms with Crippen LogP contribution >= 0.6 is 0 Å². The van der Waals surface area contributed by atoms with Gasteiger partial charge >= 0.3 is 5.97 Å². The van der Waals surface area contributed by atoms with Gasteiger partial charge in [-0.2, -0.15) is 0 Å². The molecule has 0 aliphatic heterocycles. The van der Waals surface area contributed by atoms with Crippen LogP contribution < -0.4 is 0 Å². The second-order valence-corrected chi connectivity index (χ2v) is 3.97. The molecule has 88 valence electrons. The summed E-state index contributed by atoms with van der Waals surface area (Å²) >= 11 is 0. The maximum absolute atomic E-state index is 13.6. The van der Waals surface area contributed by atoms with Crippen LogP contribution in [-0.4, -0.2) is 11.1 Å². The van der Waals surface area contributed by atoms with Gasteiger partial charge in [0.05, 0.1) is 6.42 Å². The summed E-state index contributed by atoms with van der Waals surface area (Å²) in [4.78, 5) is 10.6. The first-order valence-electron chi connectivity index (χ1n) is 5.07. The molecule has 1 N–H and O–H groups in total. The zero-order chi connectivity index (χ0) is 12.6. The Bertz CT molecular complexity index is 606. The van der Waals surface area contributed by atoms with Crippen LogP contribution in [0, 0.1) is 18.6 Å². The van der Waals surface area contributed by atoms with Gasteiger partial charge in [0.1, 0.15) is 11.6 Å². The van der Waals surface area contributed by atoms with Crippen LogP contribution in [0.3, 0.4) is 0 Å². The molecular formula is C13H10F2O2. The van der Waals surface area contributed by atoms with Crippen molar-refractivity contribution in [2.24, 2.45) is 0 Å². The monoisotopic (exact) mass is 236 g/mol. The number of hydrogen-bond donors (Lipinski definition) is 1. The van der Waals surface area contributed by atoms with E-state index >= 15 is 0 Å². The molecule has 0 saturated carbocycles. The van der Waals surface area contributed by atoms with Gasteiger partial charge in [0.15, 0.2) is 0 Å². The third-order valence-corrected chi connectivity index (χ3v) is 2.61. The Kier molecular flexibility index (Phi) is 2.79. The number of fused-ring (bicyclic) bond motifs is 1. The number of carboxylic acid groups (broad SMARTS) is 1. The second-order valence-electron chi connectivity index (χ2n) is 3.97. The normalized spacial score (nSPS) is 10.8. The lowest BCUT2D eigenvalue weighted by Crippen LogP contribution is -2.01. The van der Waals surface area contributed by atoms with Gasteiger partial charge in [-0.05, 0) is 35.6 Å². The summed E-state index contributed by atoms with van der Waals surface area (Å²) in [5, 5.41) is 9.41. The van der Waals surface area contributed by atoms with Crippen LogP contribution in [0.1, 0.15) is 11.1 Å². The smallest absolute Gasteiger partial charge is 0.307 e. The molecule has 0 atom stereocenters. The fourth-order valence-electron chi connectivity index (χ4n) is 1.92. The van der Waals surface area contributed by atoms with Crippen molar-refractivity contribution in [3.63, 3.8) is 0 Å². The number of halogens is 2. The average Bonchev–Trinajstić information content (AvgIpc) is 2.19. The van der Waals surface area contributed by atoms with Crippen LogP contribution in [-0.2, 0) is 11.2 Å². The summed E-state index contributed by atoms with van der Waals surface area (Å²) in [7, 11) is 0. The Balaban J connectivity index is 2.68. The Morgan fingerprint density at radius 2 is 1.88 bits per heavy atom. The minimum absolute atomic E-state index is 0.173. The van der Waals surface area contributed by atoms with Crippen molar-refractivity contribution >= 4 is 16.7 Å². The highest BCUT2D eigenvalue weighted by molar-refractivity contribution is 5.87. The van der Waals surface area contributed by atoms with Crippen molar-refractivity contribution in [3.8, 4) is 0 Å². The van der Waals surface area contributed by atoms with Crippen LogP contribution in [0.4, 0.5) is 8.78 Å². The number of rotatable bonds is 2. The van der Waals surface area contributed by atoms with Crippen molar-refractivity contribution < 1.29 is 18.7 Å². The lowest BCUT2D eigenvalue weighted by molar-refractivity contribution is -0.136. The van der Waals surface area contributed by atoms with Gasteiger partial charge in [-0.15, -0.1) is 0 Å².